The summed E-state index contributed by atoms with van der Waals surface area (Å²) in [6, 6.07) is 14.1. The molecule has 0 fully saturated rings. The lowest BCUT2D eigenvalue weighted by atomic mass is 9.87. The first-order valence-electron chi connectivity index (χ1n) is 10.2. The minimum Gasteiger partial charge on any atom is -0.496 e. The van der Waals surface area contributed by atoms with Crippen LogP contribution in [0.2, 0.25) is 0 Å². The summed E-state index contributed by atoms with van der Waals surface area (Å²) in [4.78, 5) is 4.31. The first-order chi connectivity index (χ1) is 14.3. The zero-order chi connectivity index (χ0) is 22.1. The monoisotopic (exact) mass is 403 g/mol. The second-order valence-corrected chi connectivity index (χ2v) is 8.02. The molecule has 2 aromatic rings. The van der Waals surface area contributed by atoms with Gasteiger partial charge in [0.25, 0.3) is 0 Å². The third-order valence-corrected chi connectivity index (χ3v) is 4.75. The molecular formula is C26H33N3O. The predicted octanol–water partition coefficient (Wildman–Crippen LogP) is 5.88. The van der Waals surface area contributed by atoms with Crippen molar-refractivity contribution in [1.29, 1.82) is 0 Å². The number of nitrogens with two attached hydrogens (primary N) is 2. The third-order valence-electron chi connectivity index (χ3n) is 4.75. The molecule has 0 amide bonds. The van der Waals surface area contributed by atoms with Gasteiger partial charge in [0, 0.05) is 5.56 Å². The summed E-state index contributed by atoms with van der Waals surface area (Å²) in [7, 11) is 0. The predicted molar refractivity (Wildman–Crippen MR) is 130 cm³/mol. The number of hydrogen-bond acceptors (Lipinski definition) is 3. The SMILES string of the molecule is C=C/C=C(/OCC)C(N)c1ccc(/C=C/c2ccc(C(C)(C)C)cc2)cc1N=CN. The maximum absolute atomic E-state index is 6.43. The van der Waals surface area contributed by atoms with Gasteiger partial charge in [-0.3, -0.25) is 0 Å². The Morgan fingerprint density at radius 2 is 1.73 bits per heavy atom. The Hall–Kier alpha value is -3.11. The number of hydrogen-bond donors (Lipinski definition) is 2. The van der Waals surface area contributed by atoms with Gasteiger partial charge in [0.1, 0.15) is 5.76 Å². The molecule has 0 bridgehead atoms. The molecule has 0 spiro atoms. The van der Waals surface area contributed by atoms with Gasteiger partial charge >= 0.3 is 0 Å². The summed E-state index contributed by atoms with van der Waals surface area (Å²) in [6.45, 7) is 12.8. The summed E-state index contributed by atoms with van der Waals surface area (Å²) in [6.07, 6.45) is 8.86. The van der Waals surface area contributed by atoms with Crippen LogP contribution in [-0.2, 0) is 10.2 Å². The van der Waals surface area contributed by atoms with Gasteiger partial charge in [0.15, 0.2) is 0 Å². The van der Waals surface area contributed by atoms with Gasteiger partial charge in [-0.05, 0) is 41.2 Å². The molecule has 30 heavy (non-hydrogen) atoms. The summed E-state index contributed by atoms with van der Waals surface area (Å²) < 4.78 is 5.67. The van der Waals surface area contributed by atoms with Gasteiger partial charge in [-0.15, -0.1) is 0 Å². The zero-order valence-corrected chi connectivity index (χ0v) is 18.4. The number of benzene rings is 2. The van der Waals surface area contributed by atoms with Crippen molar-refractivity contribution in [2.45, 2.75) is 39.2 Å². The first kappa shape index (κ1) is 23.2. The van der Waals surface area contributed by atoms with E-state index in [9.17, 15) is 0 Å². The molecule has 0 radical (unpaired) electrons. The Kier molecular flexibility index (Phi) is 8.19. The minimum absolute atomic E-state index is 0.145. The van der Waals surface area contributed by atoms with Crippen LogP contribution in [0.4, 0.5) is 5.69 Å². The van der Waals surface area contributed by atoms with Crippen LogP contribution in [0.25, 0.3) is 12.2 Å². The van der Waals surface area contributed by atoms with E-state index in [0.717, 1.165) is 16.7 Å². The highest BCUT2D eigenvalue weighted by atomic mass is 16.5. The topological polar surface area (TPSA) is 73.6 Å². The number of nitrogens with zero attached hydrogens (tertiary/aromatic N) is 1. The largest absolute Gasteiger partial charge is 0.496 e. The van der Waals surface area contributed by atoms with E-state index in [-0.39, 0.29) is 5.41 Å². The van der Waals surface area contributed by atoms with Gasteiger partial charge in [0.05, 0.1) is 24.7 Å². The summed E-state index contributed by atoms with van der Waals surface area (Å²) in [5.74, 6) is 0.642. The van der Waals surface area contributed by atoms with E-state index in [1.54, 1.807) is 12.2 Å². The summed E-state index contributed by atoms with van der Waals surface area (Å²) in [5.41, 5.74) is 17.2. The van der Waals surface area contributed by atoms with Crippen LogP contribution in [-0.4, -0.2) is 12.9 Å². The molecule has 1 unspecified atom stereocenters. The zero-order valence-electron chi connectivity index (χ0n) is 18.4. The molecule has 0 saturated carbocycles. The Labute approximate surface area is 180 Å². The normalized spacial score (nSPS) is 13.7. The van der Waals surface area contributed by atoms with Crippen LogP contribution in [0.1, 0.15) is 56.0 Å². The lowest BCUT2D eigenvalue weighted by molar-refractivity contribution is 0.209. The quantitative estimate of drug-likeness (QED) is 0.190. The average Bonchev–Trinajstić information content (AvgIpc) is 2.72. The number of ether oxygens (including phenoxy) is 1. The van der Waals surface area contributed by atoms with Crippen molar-refractivity contribution in [3.05, 3.63) is 89.2 Å². The molecule has 0 aliphatic heterocycles. The molecule has 0 heterocycles. The van der Waals surface area contributed by atoms with Crippen molar-refractivity contribution >= 4 is 24.2 Å². The average molecular weight is 404 g/mol. The molecule has 2 rings (SSSR count). The molecular weight excluding hydrogens is 370 g/mol. The van der Waals surface area contributed by atoms with Crippen molar-refractivity contribution in [2.75, 3.05) is 6.61 Å². The maximum atomic E-state index is 6.43. The fourth-order valence-electron chi connectivity index (χ4n) is 3.08. The molecule has 0 aliphatic rings. The molecule has 1 atom stereocenters. The Morgan fingerprint density at radius 3 is 2.30 bits per heavy atom. The van der Waals surface area contributed by atoms with Crippen molar-refractivity contribution < 1.29 is 4.74 Å². The second-order valence-electron chi connectivity index (χ2n) is 8.02. The van der Waals surface area contributed by atoms with E-state index in [1.165, 1.54) is 11.9 Å². The lowest BCUT2D eigenvalue weighted by Crippen LogP contribution is -2.16. The van der Waals surface area contributed by atoms with Crippen LogP contribution in [0.15, 0.2) is 71.9 Å². The fraction of sp³-hybridized carbons (Fsp3) is 0.269. The van der Waals surface area contributed by atoms with E-state index < -0.39 is 6.04 Å². The van der Waals surface area contributed by atoms with Crippen LogP contribution in [0, 0.1) is 0 Å². The van der Waals surface area contributed by atoms with Gasteiger partial charge in [-0.1, -0.05) is 82.0 Å². The van der Waals surface area contributed by atoms with Crippen molar-refractivity contribution in [3.8, 4) is 0 Å². The smallest absolute Gasteiger partial charge is 0.117 e. The van der Waals surface area contributed by atoms with E-state index in [4.69, 9.17) is 16.2 Å². The Bertz CT molecular complexity index is 932. The first-order valence-corrected chi connectivity index (χ1v) is 10.2. The van der Waals surface area contributed by atoms with Crippen LogP contribution >= 0.6 is 0 Å². The molecule has 0 aromatic heterocycles. The molecule has 4 heteroatoms. The van der Waals surface area contributed by atoms with Gasteiger partial charge in [0.2, 0.25) is 0 Å². The van der Waals surface area contributed by atoms with Crippen LogP contribution < -0.4 is 11.5 Å². The van der Waals surface area contributed by atoms with Crippen molar-refractivity contribution in [1.82, 2.24) is 0 Å². The molecule has 4 N–H and O–H groups in total. The van der Waals surface area contributed by atoms with Crippen LogP contribution in [0.5, 0.6) is 0 Å². The molecule has 158 valence electrons. The van der Waals surface area contributed by atoms with Gasteiger partial charge in [-0.25, -0.2) is 4.99 Å². The standard InChI is InChI=1S/C26H33N3O/c1-6-8-24(30-7-2)25(28)22-16-13-20(17-23(22)29-18-27)10-9-19-11-14-21(15-12-19)26(3,4)5/h6,8-18,25H,1,7,28H2,2-5H3,(H2,27,29)/b10-9+,24-8+. The summed E-state index contributed by atoms with van der Waals surface area (Å²) in [5, 5.41) is 0. The van der Waals surface area contributed by atoms with E-state index in [0.29, 0.717) is 18.1 Å². The number of rotatable bonds is 8. The van der Waals surface area contributed by atoms with Gasteiger partial charge < -0.3 is 16.2 Å². The van der Waals surface area contributed by atoms with Crippen molar-refractivity contribution in [2.24, 2.45) is 16.5 Å². The summed E-state index contributed by atoms with van der Waals surface area (Å²) >= 11 is 0. The fourth-order valence-corrected chi connectivity index (χ4v) is 3.08. The highest BCUT2D eigenvalue weighted by Crippen LogP contribution is 2.31. The number of aliphatic imine (C=N–C) groups is 1. The highest BCUT2D eigenvalue weighted by molar-refractivity contribution is 5.73. The molecule has 0 saturated heterocycles. The van der Waals surface area contributed by atoms with Crippen LogP contribution in [0.3, 0.4) is 0 Å². The highest BCUT2D eigenvalue weighted by Gasteiger charge is 2.17. The molecule has 4 nitrogen and oxygen atoms in total. The maximum Gasteiger partial charge on any atom is 0.117 e. The second kappa shape index (κ2) is 10.6. The minimum atomic E-state index is -0.454. The van der Waals surface area contributed by atoms with E-state index >= 15 is 0 Å². The lowest BCUT2D eigenvalue weighted by Gasteiger charge is -2.19. The van der Waals surface area contributed by atoms with Crippen molar-refractivity contribution in [3.63, 3.8) is 0 Å². The van der Waals surface area contributed by atoms with E-state index in [1.807, 2.05) is 25.1 Å². The molecule has 0 aliphatic carbocycles. The van der Waals surface area contributed by atoms with Gasteiger partial charge in [-0.2, -0.15) is 0 Å². The number of allylic oxidation sites excluding steroid dienone is 2. The third kappa shape index (κ3) is 6.19. The Balaban J connectivity index is 2.31. The molecule has 2 aromatic carbocycles. The van der Waals surface area contributed by atoms with E-state index in [2.05, 4.69) is 68.8 Å². The Morgan fingerprint density at radius 1 is 1.10 bits per heavy atom.